The summed E-state index contributed by atoms with van der Waals surface area (Å²) in [7, 11) is 3.63. The van der Waals surface area contributed by atoms with Crippen LogP contribution in [0.25, 0.3) is 0 Å². The maximum absolute atomic E-state index is 5.12. The Hall–Kier alpha value is -1.49. The molecule has 1 aromatic carbocycles. The molecule has 0 N–H and O–H groups in total. The number of hydrogen-bond acceptors (Lipinski definition) is 4. The SMILES string of the molecule is COc1ccc(CCSc2nncn2C)cc1. The van der Waals surface area contributed by atoms with E-state index in [1.807, 2.05) is 23.7 Å². The fourth-order valence-electron chi connectivity index (χ4n) is 1.46. The van der Waals surface area contributed by atoms with Gasteiger partial charge in [0.25, 0.3) is 0 Å². The summed E-state index contributed by atoms with van der Waals surface area (Å²) in [5.41, 5.74) is 1.31. The van der Waals surface area contributed by atoms with Crippen molar-refractivity contribution < 1.29 is 4.74 Å². The molecule has 0 saturated heterocycles. The Morgan fingerprint density at radius 2 is 2.06 bits per heavy atom. The number of aromatic nitrogens is 3. The molecule has 0 unspecified atom stereocenters. The first-order chi connectivity index (χ1) is 8.29. The zero-order chi connectivity index (χ0) is 12.1. The molecule has 0 aliphatic rings. The number of aryl methyl sites for hydroxylation is 2. The topological polar surface area (TPSA) is 39.9 Å². The Balaban J connectivity index is 1.83. The van der Waals surface area contributed by atoms with Crippen molar-refractivity contribution in [3.63, 3.8) is 0 Å². The van der Waals surface area contributed by atoms with Gasteiger partial charge in [-0.15, -0.1) is 10.2 Å². The molecule has 1 aromatic heterocycles. The quantitative estimate of drug-likeness (QED) is 0.761. The molecule has 5 heteroatoms. The van der Waals surface area contributed by atoms with Gasteiger partial charge in [0.15, 0.2) is 5.16 Å². The summed E-state index contributed by atoms with van der Waals surface area (Å²) in [6.45, 7) is 0. The fraction of sp³-hybridized carbons (Fsp3) is 0.333. The van der Waals surface area contributed by atoms with Gasteiger partial charge in [-0.25, -0.2) is 0 Å². The number of ether oxygens (including phenoxy) is 1. The molecule has 1 heterocycles. The fourth-order valence-corrected chi connectivity index (χ4v) is 2.33. The standard InChI is InChI=1S/C12H15N3OS/c1-15-9-13-14-12(15)17-8-7-10-3-5-11(16-2)6-4-10/h3-6,9H,7-8H2,1-2H3. The largest absolute Gasteiger partial charge is 0.497 e. The monoisotopic (exact) mass is 249 g/mol. The Kier molecular flexibility index (Phi) is 4.03. The highest BCUT2D eigenvalue weighted by molar-refractivity contribution is 7.99. The molecular weight excluding hydrogens is 234 g/mol. The summed E-state index contributed by atoms with van der Waals surface area (Å²) in [6, 6.07) is 8.16. The summed E-state index contributed by atoms with van der Waals surface area (Å²) in [6.07, 6.45) is 2.73. The van der Waals surface area contributed by atoms with Crippen molar-refractivity contribution in [3.05, 3.63) is 36.2 Å². The van der Waals surface area contributed by atoms with E-state index in [-0.39, 0.29) is 0 Å². The number of thioether (sulfide) groups is 1. The van der Waals surface area contributed by atoms with Gasteiger partial charge in [-0.3, -0.25) is 0 Å². The van der Waals surface area contributed by atoms with E-state index in [4.69, 9.17) is 4.74 Å². The van der Waals surface area contributed by atoms with Crippen LogP contribution in [0.2, 0.25) is 0 Å². The van der Waals surface area contributed by atoms with Crippen LogP contribution in [0.1, 0.15) is 5.56 Å². The van der Waals surface area contributed by atoms with Crippen LogP contribution in [0.15, 0.2) is 35.7 Å². The Morgan fingerprint density at radius 1 is 1.29 bits per heavy atom. The third kappa shape index (κ3) is 3.23. The molecule has 0 atom stereocenters. The Bertz CT molecular complexity index is 467. The van der Waals surface area contributed by atoms with Crippen molar-refractivity contribution in [2.45, 2.75) is 11.6 Å². The van der Waals surface area contributed by atoms with Gasteiger partial charge >= 0.3 is 0 Å². The number of nitrogens with zero attached hydrogens (tertiary/aromatic N) is 3. The smallest absolute Gasteiger partial charge is 0.190 e. The predicted molar refractivity (Wildman–Crippen MR) is 68.4 cm³/mol. The predicted octanol–water partition coefficient (Wildman–Crippen LogP) is 2.16. The number of benzene rings is 1. The molecule has 0 spiro atoms. The van der Waals surface area contributed by atoms with Gasteiger partial charge in [0.1, 0.15) is 12.1 Å². The van der Waals surface area contributed by atoms with Gasteiger partial charge < -0.3 is 9.30 Å². The molecule has 90 valence electrons. The van der Waals surface area contributed by atoms with Crippen LogP contribution in [-0.4, -0.2) is 27.6 Å². The Labute approximate surface area is 105 Å². The van der Waals surface area contributed by atoms with Gasteiger partial charge in [0.05, 0.1) is 7.11 Å². The van der Waals surface area contributed by atoms with Gasteiger partial charge in [0.2, 0.25) is 0 Å². The summed E-state index contributed by atoms with van der Waals surface area (Å²) in [5.74, 6) is 1.90. The molecule has 0 bridgehead atoms. The second kappa shape index (κ2) is 5.72. The van der Waals surface area contributed by atoms with E-state index < -0.39 is 0 Å². The number of rotatable bonds is 5. The van der Waals surface area contributed by atoms with E-state index in [0.717, 1.165) is 23.1 Å². The molecule has 17 heavy (non-hydrogen) atoms. The minimum atomic E-state index is 0.898. The first-order valence-electron chi connectivity index (χ1n) is 5.39. The van der Waals surface area contributed by atoms with Gasteiger partial charge in [-0.1, -0.05) is 23.9 Å². The molecule has 2 aromatic rings. The lowest BCUT2D eigenvalue weighted by molar-refractivity contribution is 0.414. The lowest BCUT2D eigenvalue weighted by atomic mass is 10.2. The zero-order valence-electron chi connectivity index (χ0n) is 9.96. The zero-order valence-corrected chi connectivity index (χ0v) is 10.8. The van der Waals surface area contributed by atoms with Gasteiger partial charge in [0, 0.05) is 12.8 Å². The Morgan fingerprint density at radius 3 is 2.65 bits per heavy atom. The average molecular weight is 249 g/mol. The van der Waals surface area contributed by atoms with E-state index in [0.29, 0.717) is 0 Å². The maximum atomic E-state index is 5.12. The summed E-state index contributed by atoms with van der Waals surface area (Å²) < 4.78 is 7.05. The van der Waals surface area contributed by atoms with Gasteiger partial charge in [-0.05, 0) is 24.1 Å². The van der Waals surface area contributed by atoms with Crippen LogP contribution in [0.4, 0.5) is 0 Å². The maximum Gasteiger partial charge on any atom is 0.190 e. The lowest BCUT2D eigenvalue weighted by Crippen LogP contribution is -1.93. The van der Waals surface area contributed by atoms with Crippen LogP contribution in [-0.2, 0) is 13.5 Å². The third-order valence-electron chi connectivity index (χ3n) is 2.45. The minimum absolute atomic E-state index is 0.898. The minimum Gasteiger partial charge on any atom is -0.497 e. The second-order valence-electron chi connectivity index (χ2n) is 3.67. The highest BCUT2D eigenvalue weighted by Crippen LogP contribution is 2.17. The van der Waals surface area contributed by atoms with Crippen molar-refractivity contribution in [1.29, 1.82) is 0 Å². The van der Waals surface area contributed by atoms with E-state index >= 15 is 0 Å². The van der Waals surface area contributed by atoms with Crippen molar-refractivity contribution in [2.24, 2.45) is 7.05 Å². The first-order valence-corrected chi connectivity index (χ1v) is 6.38. The number of methoxy groups -OCH3 is 1. The van der Waals surface area contributed by atoms with Crippen LogP contribution >= 0.6 is 11.8 Å². The molecule has 0 saturated carbocycles. The molecule has 4 nitrogen and oxygen atoms in total. The summed E-state index contributed by atoms with van der Waals surface area (Å²) in [5, 5.41) is 8.83. The molecule has 0 radical (unpaired) electrons. The highest BCUT2D eigenvalue weighted by atomic mass is 32.2. The van der Waals surface area contributed by atoms with E-state index in [9.17, 15) is 0 Å². The van der Waals surface area contributed by atoms with Gasteiger partial charge in [-0.2, -0.15) is 0 Å². The summed E-state index contributed by atoms with van der Waals surface area (Å²) in [4.78, 5) is 0. The van der Waals surface area contributed by atoms with Crippen molar-refractivity contribution in [2.75, 3.05) is 12.9 Å². The first kappa shape index (κ1) is 12.0. The van der Waals surface area contributed by atoms with E-state index in [1.54, 1.807) is 25.2 Å². The van der Waals surface area contributed by atoms with Crippen LogP contribution < -0.4 is 4.74 Å². The lowest BCUT2D eigenvalue weighted by Gasteiger charge is -2.03. The third-order valence-corrected chi connectivity index (χ3v) is 3.49. The van der Waals surface area contributed by atoms with Crippen LogP contribution in [0, 0.1) is 0 Å². The molecule has 0 fully saturated rings. The molecule has 0 amide bonds. The second-order valence-corrected chi connectivity index (χ2v) is 4.73. The molecule has 0 aliphatic carbocycles. The molecular formula is C12H15N3OS. The van der Waals surface area contributed by atoms with E-state index in [2.05, 4.69) is 22.3 Å². The highest BCUT2D eigenvalue weighted by Gasteiger charge is 2.01. The van der Waals surface area contributed by atoms with Crippen molar-refractivity contribution in [3.8, 4) is 5.75 Å². The number of hydrogen-bond donors (Lipinski definition) is 0. The van der Waals surface area contributed by atoms with E-state index in [1.165, 1.54) is 5.56 Å². The van der Waals surface area contributed by atoms with Crippen molar-refractivity contribution in [1.82, 2.24) is 14.8 Å². The van der Waals surface area contributed by atoms with Crippen LogP contribution in [0.5, 0.6) is 5.75 Å². The average Bonchev–Trinajstić information content (AvgIpc) is 2.76. The summed E-state index contributed by atoms with van der Waals surface area (Å²) >= 11 is 1.72. The van der Waals surface area contributed by atoms with Crippen LogP contribution in [0.3, 0.4) is 0 Å². The normalized spacial score (nSPS) is 10.5. The molecule has 0 aliphatic heterocycles. The molecule has 2 rings (SSSR count). The van der Waals surface area contributed by atoms with Crippen molar-refractivity contribution >= 4 is 11.8 Å².